The highest BCUT2D eigenvalue weighted by Crippen LogP contribution is 2.15. The summed E-state index contributed by atoms with van der Waals surface area (Å²) in [6.45, 7) is 3.80. The number of piperidine rings is 1. The van der Waals surface area contributed by atoms with Crippen LogP contribution in [0.2, 0.25) is 0 Å². The van der Waals surface area contributed by atoms with Crippen molar-refractivity contribution in [1.82, 2.24) is 15.2 Å². The predicted molar refractivity (Wildman–Crippen MR) is 71.1 cm³/mol. The molecule has 0 spiro atoms. The van der Waals surface area contributed by atoms with Crippen LogP contribution >= 0.6 is 0 Å². The lowest BCUT2D eigenvalue weighted by Gasteiger charge is -2.30. The first-order valence-electron chi connectivity index (χ1n) is 6.63. The van der Waals surface area contributed by atoms with Crippen molar-refractivity contribution >= 4 is 11.8 Å². The minimum atomic E-state index is -0.530. The van der Waals surface area contributed by atoms with Gasteiger partial charge in [0.2, 0.25) is 0 Å². The molecule has 2 rings (SSSR count). The van der Waals surface area contributed by atoms with Crippen LogP contribution in [0.3, 0.4) is 0 Å². The Kier molecular flexibility index (Phi) is 4.49. The van der Waals surface area contributed by atoms with E-state index >= 15 is 0 Å². The number of likely N-dealkylation sites (tertiary alicyclic amines) is 1. The molecule has 1 N–H and O–H groups in total. The highest BCUT2D eigenvalue weighted by molar-refractivity contribution is 6.34. The van der Waals surface area contributed by atoms with Gasteiger partial charge < -0.3 is 10.2 Å². The summed E-state index contributed by atoms with van der Waals surface area (Å²) in [7, 11) is 0. The average molecular weight is 261 g/mol. The van der Waals surface area contributed by atoms with Gasteiger partial charge in [0.05, 0.1) is 0 Å². The van der Waals surface area contributed by atoms with E-state index in [0.717, 1.165) is 18.4 Å². The van der Waals surface area contributed by atoms with Crippen LogP contribution in [0.5, 0.6) is 0 Å². The Morgan fingerprint density at radius 3 is 3.05 bits per heavy atom. The van der Waals surface area contributed by atoms with Gasteiger partial charge in [-0.25, -0.2) is 0 Å². The molecule has 1 saturated heterocycles. The summed E-state index contributed by atoms with van der Waals surface area (Å²) < 4.78 is 0. The Bertz CT molecular complexity index is 447. The van der Waals surface area contributed by atoms with Crippen LogP contribution in [0.4, 0.5) is 0 Å². The molecule has 1 aliphatic heterocycles. The average Bonchev–Trinajstić information content (AvgIpc) is 2.45. The minimum Gasteiger partial charge on any atom is -0.344 e. The molecule has 5 heteroatoms. The molecule has 1 aliphatic rings. The molecule has 0 aliphatic carbocycles. The van der Waals surface area contributed by atoms with Gasteiger partial charge in [0.1, 0.15) is 0 Å². The SMILES string of the molecule is CC1CCCN(C(=O)C(=O)NCc2cccnc2)C1. The molecule has 1 atom stereocenters. The Morgan fingerprint density at radius 2 is 2.37 bits per heavy atom. The lowest BCUT2D eigenvalue weighted by atomic mass is 10.0. The summed E-state index contributed by atoms with van der Waals surface area (Å²) in [6.07, 6.45) is 5.45. The van der Waals surface area contributed by atoms with Crippen LogP contribution in [0.25, 0.3) is 0 Å². The summed E-state index contributed by atoms with van der Waals surface area (Å²) in [4.78, 5) is 29.4. The first kappa shape index (κ1) is 13.5. The number of pyridine rings is 1. The van der Waals surface area contributed by atoms with E-state index in [2.05, 4.69) is 17.2 Å². The minimum absolute atomic E-state index is 0.335. The highest BCUT2D eigenvalue weighted by atomic mass is 16.2. The second-order valence-corrected chi connectivity index (χ2v) is 5.04. The van der Waals surface area contributed by atoms with Gasteiger partial charge in [0, 0.05) is 32.0 Å². The number of rotatable bonds is 2. The quantitative estimate of drug-likeness (QED) is 0.806. The molecule has 0 saturated carbocycles. The molecule has 1 unspecified atom stereocenters. The normalized spacial score (nSPS) is 19.0. The fraction of sp³-hybridized carbons (Fsp3) is 0.500. The number of nitrogens with one attached hydrogen (secondary N) is 1. The maximum atomic E-state index is 12.0. The van der Waals surface area contributed by atoms with Crippen molar-refractivity contribution in [2.45, 2.75) is 26.3 Å². The van der Waals surface area contributed by atoms with Crippen LogP contribution in [-0.4, -0.2) is 34.8 Å². The number of aromatic nitrogens is 1. The summed E-state index contributed by atoms with van der Waals surface area (Å²) in [5.41, 5.74) is 0.885. The Balaban J connectivity index is 1.84. The monoisotopic (exact) mass is 261 g/mol. The first-order chi connectivity index (χ1) is 9.16. The second kappa shape index (κ2) is 6.31. The van der Waals surface area contributed by atoms with Gasteiger partial charge in [-0.15, -0.1) is 0 Å². The largest absolute Gasteiger partial charge is 0.344 e. The standard InChI is InChI=1S/C14H19N3O2/c1-11-4-3-7-17(10-11)14(19)13(18)16-9-12-5-2-6-15-8-12/h2,5-6,8,11H,3-4,7,9-10H2,1H3,(H,16,18). The van der Waals surface area contributed by atoms with E-state index in [1.807, 2.05) is 6.07 Å². The molecule has 102 valence electrons. The van der Waals surface area contributed by atoms with Crippen LogP contribution in [0.1, 0.15) is 25.3 Å². The molecule has 5 nitrogen and oxygen atoms in total. The molecule has 0 aromatic carbocycles. The number of hydrogen-bond acceptors (Lipinski definition) is 3. The van der Waals surface area contributed by atoms with Crippen LogP contribution in [0.15, 0.2) is 24.5 Å². The van der Waals surface area contributed by atoms with Gasteiger partial charge in [0.15, 0.2) is 0 Å². The first-order valence-corrected chi connectivity index (χ1v) is 6.63. The lowest BCUT2D eigenvalue weighted by Crippen LogP contribution is -2.46. The zero-order valence-corrected chi connectivity index (χ0v) is 11.1. The van der Waals surface area contributed by atoms with E-state index in [0.29, 0.717) is 25.6 Å². The molecule has 1 fully saturated rings. The van der Waals surface area contributed by atoms with Gasteiger partial charge >= 0.3 is 11.8 Å². The number of carbonyl (C=O) groups excluding carboxylic acids is 2. The Labute approximate surface area is 113 Å². The van der Waals surface area contributed by atoms with E-state index in [1.165, 1.54) is 0 Å². The molecule has 1 aromatic rings. The Morgan fingerprint density at radius 1 is 1.53 bits per heavy atom. The van der Waals surface area contributed by atoms with Crippen molar-refractivity contribution in [2.75, 3.05) is 13.1 Å². The van der Waals surface area contributed by atoms with Crippen molar-refractivity contribution in [3.05, 3.63) is 30.1 Å². The van der Waals surface area contributed by atoms with E-state index in [-0.39, 0.29) is 0 Å². The van der Waals surface area contributed by atoms with Gasteiger partial charge in [-0.1, -0.05) is 13.0 Å². The highest BCUT2D eigenvalue weighted by Gasteiger charge is 2.25. The van der Waals surface area contributed by atoms with Crippen molar-refractivity contribution < 1.29 is 9.59 Å². The smallest absolute Gasteiger partial charge is 0.311 e. The third kappa shape index (κ3) is 3.77. The summed E-state index contributed by atoms with van der Waals surface area (Å²) in [5, 5.41) is 2.64. The number of nitrogens with zero attached hydrogens (tertiary/aromatic N) is 2. The molecular formula is C14H19N3O2. The molecule has 0 radical (unpaired) electrons. The van der Waals surface area contributed by atoms with Gasteiger partial charge in [-0.3, -0.25) is 14.6 Å². The number of amides is 2. The second-order valence-electron chi connectivity index (χ2n) is 5.04. The summed E-state index contributed by atoms with van der Waals surface area (Å²) >= 11 is 0. The van der Waals surface area contributed by atoms with Crippen LogP contribution in [0, 0.1) is 5.92 Å². The van der Waals surface area contributed by atoms with Gasteiger partial charge in [-0.2, -0.15) is 0 Å². The maximum Gasteiger partial charge on any atom is 0.311 e. The topological polar surface area (TPSA) is 62.3 Å². The van der Waals surface area contributed by atoms with Crippen molar-refractivity contribution in [3.8, 4) is 0 Å². The molecule has 2 heterocycles. The van der Waals surface area contributed by atoms with E-state index in [1.54, 1.807) is 23.4 Å². The molecule has 19 heavy (non-hydrogen) atoms. The fourth-order valence-electron chi connectivity index (χ4n) is 2.28. The van der Waals surface area contributed by atoms with Gasteiger partial charge in [0.25, 0.3) is 0 Å². The van der Waals surface area contributed by atoms with Crippen molar-refractivity contribution in [1.29, 1.82) is 0 Å². The van der Waals surface area contributed by atoms with Crippen LogP contribution in [-0.2, 0) is 16.1 Å². The number of hydrogen-bond donors (Lipinski definition) is 1. The summed E-state index contributed by atoms with van der Waals surface area (Å²) in [6, 6.07) is 3.66. The molecule has 1 aromatic heterocycles. The third-order valence-electron chi connectivity index (χ3n) is 3.31. The lowest BCUT2D eigenvalue weighted by molar-refractivity contribution is -0.147. The maximum absolute atomic E-state index is 12.0. The molecule has 0 bridgehead atoms. The molecule has 2 amide bonds. The van der Waals surface area contributed by atoms with E-state index in [9.17, 15) is 9.59 Å². The fourth-order valence-corrected chi connectivity index (χ4v) is 2.28. The zero-order valence-electron chi connectivity index (χ0n) is 11.1. The third-order valence-corrected chi connectivity index (χ3v) is 3.31. The van der Waals surface area contributed by atoms with Crippen molar-refractivity contribution in [3.63, 3.8) is 0 Å². The Hall–Kier alpha value is -1.91. The summed E-state index contributed by atoms with van der Waals surface area (Å²) in [5.74, 6) is -0.475. The molecular weight excluding hydrogens is 242 g/mol. The predicted octanol–water partition coefficient (Wildman–Crippen LogP) is 0.956. The van der Waals surface area contributed by atoms with Crippen LogP contribution < -0.4 is 5.32 Å². The van der Waals surface area contributed by atoms with E-state index in [4.69, 9.17) is 0 Å². The zero-order chi connectivity index (χ0) is 13.7. The number of carbonyl (C=O) groups is 2. The van der Waals surface area contributed by atoms with Gasteiger partial charge in [-0.05, 0) is 30.4 Å². The van der Waals surface area contributed by atoms with E-state index < -0.39 is 11.8 Å². The van der Waals surface area contributed by atoms with Crippen molar-refractivity contribution in [2.24, 2.45) is 5.92 Å².